The molecular weight excluding hydrogens is 265 g/mol. The van der Waals surface area contributed by atoms with Crippen molar-refractivity contribution in [1.82, 2.24) is 4.98 Å². The van der Waals surface area contributed by atoms with Crippen LogP contribution in [0.3, 0.4) is 0 Å². The Bertz CT molecular complexity index is 585. The highest BCUT2D eigenvalue weighted by atomic mass is 32.1. The zero-order valence-electron chi connectivity index (χ0n) is 11.1. The molecule has 0 saturated heterocycles. The van der Waals surface area contributed by atoms with Gasteiger partial charge < -0.3 is 15.4 Å². The largest absolute Gasteiger partial charge is 0.495 e. The van der Waals surface area contributed by atoms with E-state index in [-0.39, 0.29) is 5.82 Å². The quantitative estimate of drug-likeness (QED) is 0.876. The molecule has 0 aliphatic heterocycles. The molecule has 0 spiro atoms. The smallest absolute Gasteiger partial charge is 0.148 e. The van der Waals surface area contributed by atoms with Crippen LogP contribution in [0, 0.1) is 12.7 Å². The van der Waals surface area contributed by atoms with Crippen molar-refractivity contribution < 1.29 is 9.13 Å². The number of hydrogen-bond acceptors (Lipinski definition) is 5. The van der Waals surface area contributed by atoms with Crippen LogP contribution in [0.25, 0.3) is 0 Å². The van der Waals surface area contributed by atoms with Gasteiger partial charge in [0.1, 0.15) is 11.6 Å². The number of nitrogens with zero attached hydrogens (tertiary/aromatic N) is 2. The fourth-order valence-electron chi connectivity index (χ4n) is 1.84. The zero-order chi connectivity index (χ0) is 14.0. The van der Waals surface area contributed by atoms with Crippen molar-refractivity contribution in [2.45, 2.75) is 13.5 Å². The number of halogens is 1. The number of nitrogen functional groups attached to an aromatic ring is 1. The highest BCUT2D eigenvalue weighted by molar-refractivity contribution is 7.09. The van der Waals surface area contributed by atoms with E-state index in [1.807, 2.05) is 19.4 Å². The minimum absolute atomic E-state index is 0.293. The highest BCUT2D eigenvalue weighted by Crippen LogP contribution is 2.30. The third-order valence-electron chi connectivity index (χ3n) is 2.78. The van der Waals surface area contributed by atoms with E-state index in [0.717, 1.165) is 10.7 Å². The number of methoxy groups -OCH3 is 1. The van der Waals surface area contributed by atoms with Crippen LogP contribution in [-0.2, 0) is 6.54 Å². The van der Waals surface area contributed by atoms with Crippen LogP contribution in [0.4, 0.5) is 15.8 Å². The Labute approximate surface area is 115 Å². The predicted molar refractivity (Wildman–Crippen MR) is 76.3 cm³/mol. The van der Waals surface area contributed by atoms with E-state index >= 15 is 0 Å². The zero-order valence-corrected chi connectivity index (χ0v) is 11.9. The molecule has 0 unspecified atom stereocenters. The lowest BCUT2D eigenvalue weighted by Gasteiger charge is -2.20. The highest BCUT2D eigenvalue weighted by Gasteiger charge is 2.13. The summed E-state index contributed by atoms with van der Waals surface area (Å²) >= 11 is 1.58. The molecule has 0 aliphatic rings. The lowest BCUT2D eigenvalue weighted by Crippen LogP contribution is -2.18. The molecule has 0 atom stereocenters. The maximum Gasteiger partial charge on any atom is 0.148 e. The lowest BCUT2D eigenvalue weighted by molar-refractivity contribution is 0.416. The fourth-order valence-corrected chi connectivity index (χ4v) is 2.44. The number of ether oxygens (including phenoxy) is 1. The van der Waals surface area contributed by atoms with Gasteiger partial charge in [0.05, 0.1) is 35.7 Å². The van der Waals surface area contributed by atoms with Crippen LogP contribution in [0.15, 0.2) is 17.5 Å². The molecule has 2 aromatic rings. The first-order chi connectivity index (χ1) is 9.01. The number of aryl methyl sites for hydroxylation is 1. The molecule has 0 radical (unpaired) electrons. The van der Waals surface area contributed by atoms with Gasteiger partial charge in [-0.3, -0.25) is 0 Å². The molecule has 2 N–H and O–H groups in total. The molecule has 2 rings (SSSR count). The summed E-state index contributed by atoms with van der Waals surface area (Å²) in [5, 5.41) is 2.97. The van der Waals surface area contributed by atoms with Gasteiger partial charge in [-0.15, -0.1) is 11.3 Å². The Morgan fingerprint density at radius 3 is 2.79 bits per heavy atom. The fraction of sp³-hybridized carbons (Fsp3) is 0.308. The maximum absolute atomic E-state index is 13.9. The van der Waals surface area contributed by atoms with Gasteiger partial charge in [-0.2, -0.15) is 0 Å². The van der Waals surface area contributed by atoms with Crippen LogP contribution in [0.5, 0.6) is 5.75 Å². The molecule has 1 heterocycles. The third-order valence-corrected chi connectivity index (χ3v) is 3.60. The molecule has 4 nitrogen and oxygen atoms in total. The third kappa shape index (κ3) is 2.96. The lowest BCUT2D eigenvalue weighted by atomic mass is 10.2. The van der Waals surface area contributed by atoms with E-state index in [9.17, 15) is 4.39 Å². The Kier molecular flexibility index (Phi) is 3.90. The van der Waals surface area contributed by atoms with Crippen molar-refractivity contribution in [2.24, 2.45) is 0 Å². The van der Waals surface area contributed by atoms with Gasteiger partial charge >= 0.3 is 0 Å². The number of benzene rings is 1. The number of rotatable bonds is 4. The Balaban J connectivity index is 2.25. The molecule has 0 amide bonds. The molecule has 0 saturated carbocycles. The summed E-state index contributed by atoms with van der Waals surface area (Å²) < 4.78 is 19.0. The second kappa shape index (κ2) is 5.44. The summed E-state index contributed by atoms with van der Waals surface area (Å²) in [5.41, 5.74) is 7.31. The van der Waals surface area contributed by atoms with E-state index < -0.39 is 0 Å². The number of nitrogens with two attached hydrogens (primary N) is 1. The van der Waals surface area contributed by atoms with Crippen LogP contribution in [-0.4, -0.2) is 19.1 Å². The van der Waals surface area contributed by atoms with Gasteiger partial charge in [0.2, 0.25) is 0 Å². The van der Waals surface area contributed by atoms with Crippen molar-refractivity contribution in [3.8, 4) is 5.75 Å². The Morgan fingerprint density at radius 2 is 2.21 bits per heavy atom. The standard InChI is InChI=1S/C13H16FN3OS/c1-8-16-9(7-19-8)6-17(2)12-5-13(18-3)11(15)4-10(12)14/h4-5,7H,6,15H2,1-3H3. The minimum atomic E-state index is -0.368. The Morgan fingerprint density at radius 1 is 1.47 bits per heavy atom. The van der Waals surface area contributed by atoms with E-state index in [2.05, 4.69) is 4.98 Å². The second-order valence-corrected chi connectivity index (χ2v) is 5.32. The molecular formula is C13H16FN3OS. The van der Waals surface area contributed by atoms with Gasteiger partial charge in [-0.1, -0.05) is 0 Å². The first kappa shape index (κ1) is 13.6. The van der Waals surface area contributed by atoms with Crippen molar-refractivity contribution in [3.63, 3.8) is 0 Å². The van der Waals surface area contributed by atoms with Crippen molar-refractivity contribution in [3.05, 3.63) is 34.0 Å². The van der Waals surface area contributed by atoms with E-state index in [1.54, 1.807) is 22.3 Å². The number of thiazole rings is 1. The van der Waals surface area contributed by atoms with Gasteiger partial charge in [0.25, 0.3) is 0 Å². The SMILES string of the molecule is COc1cc(N(C)Cc2csc(C)n2)c(F)cc1N. The first-order valence-corrected chi connectivity index (χ1v) is 6.64. The molecule has 0 aliphatic carbocycles. The summed E-state index contributed by atoms with van der Waals surface area (Å²) in [4.78, 5) is 6.15. The average molecular weight is 281 g/mol. The molecule has 102 valence electrons. The van der Waals surface area contributed by atoms with Crippen LogP contribution < -0.4 is 15.4 Å². The minimum Gasteiger partial charge on any atom is -0.495 e. The van der Waals surface area contributed by atoms with Crippen molar-refractivity contribution in [2.75, 3.05) is 24.8 Å². The van der Waals surface area contributed by atoms with E-state index in [4.69, 9.17) is 10.5 Å². The van der Waals surface area contributed by atoms with Crippen molar-refractivity contribution >= 4 is 22.7 Å². The van der Waals surface area contributed by atoms with Crippen molar-refractivity contribution in [1.29, 1.82) is 0 Å². The second-order valence-electron chi connectivity index (χ2n) is 4.26. The topological polar surface area (TPSA) is 51.4 Å². The number of anilines is 2. The molecule has 19 heavy (non-hydrogen) atoms. The van der Waals surface area contributed by atoms with Gasteiger partial charge in [-0.05, 0) is 6.92 Å². The average Bonchev–Trinajstić information content (AvgIpc) is 2.74. The molecule has 1 aromatic carbocycles. The molecule has 0 fully saturated rings. The Hall–Kier alpha value is -1.82. The van der Waals surface area contributed by atoms with Gasteiger partial charge in [0.15, 0.2) is 0 Å². The number of hydrogen-bond donors (Lipinski definition) is 1. The van der Waals surface area contributed by atoms with Gasteiger partial charge in [0, 0.05) is 24.6 Å². The van der Waals surface area contributed by atoms with Crippen LogP contribution in [0.1, 0.15) is 10.7 Å². The number of aromatic nitrogens is 1. The van der Waals surface area contributed by atoms with E-state index in [1.165, 1.54) is 13.2 Å². The molecule has 0 bridgehead atoms. The summed E-state index contributed by atoms with van der Waals surface area (Å²) in [5.74, 6) is 0.102. The monoisotopic (exact) mass is 281 g/mol. The van der Waals surface area contributed by atoms with E-state index in [0.29, 0.717) is 23.7 Å². The summed E-state index contributed by atoms with van der Waals surface area (Å²) in [6.07, 6.45) is 0. The summed E-state index contributed by atoms with van der Waals surface area (Å²) in [6, 6.07) is 2.88. The molecule has 1 aromatic heterocycles. The first-order valence-electron chi connectivity index (χ1n) is 5.76. The summed E-state index contributed by atoms with van der Waals surface area (Å²) in [7, 11) is 3.32. The summed E-state index contributed by atoms with van der Waals surface area (Å²) in [6.45, 7) is 2.48. The maximum atomic E-state index is 13.9. The predicted octanol–water partition coefficient (Wildman–Crippen LogP) is 2.82. The van der Waals surface area contributed by atoms with Crippen LogP contribution in [0.2, 0.25) is 0 Å². The molecule has 6 heteroatoms. The van der Waals surface area contributed by atoms with Crippen LogP contribution >= 0.6 is 11.3 Å². The van der Waals surface area contributed by atoms with Gasteiger partial charge in [-0.25, -0.2) is 9.37 Å². The normalized spacial score (nSPS) is 10.5.